The van der Waals surface area contributed by atoms with Crippen molar-refractivity contribution in [1.82, 2.24) is 5.32 Å². The van der Waals surface area contributed by atoms with Crippen LogP contribution in [0.15, 0.2) is 0 Å². The Morgan fingerprint density at radius 2 is 1.88 bits per heavy atom. The fraction of sp³-hybridized carbons (Fsp3) is 0.833. The Bertz CT molecular complexity index is 258. The smallest absolute Gasteiger partial charge is 0.304 e. The van der Waals surface area contributed by atoms with Crippen LogP contribution in [0.4, 0.5) is 0 Å². The van der Waals surface area contributed by atoms with E-state index in [1.54, 1.807) is 0 Å². The van der Waals surface area contributed by atoms with Gasteiger partial charge in [0.25, 0.3) is 0 Å². The molecule has 0 aromatic heterocycles. The molecule has 1 amide bonds. The van der Waals surface area contributed by atoms with E-state index in [-0.39, 0.29) is 28.9 Å². The fourth-order valence-corrected chi connectivity index (χ4v) is 2.70. The maximum absolute atomic E-state index is 11.8. The molecule has 0 aromatic rings. The molecule has 0 heterocycles. The van der Waals surface area contributed by atoms with Crippen molar-refractivity contribution in [2.24, 2.45) is 0 Å². The molecule has 0 aliphatic rings. The molecule has 0 saturated heterocycles. The summed E-state index contributed by atoms with van der Waals surface area (Å²) in [5.41, 5.74) is 0. The van der Waals surface area contributed by atoms with Crippen molar-refractivity contribution in [2.75, 3.05) is 0 Å². The van der Waals surface area contributed by atoms with Crippen LogP contribution in [0.5, 0.6) is 0 Å². The number of hydrogen-bond donors (Lipinski definition) is 2. The topological polar surface area (TPSA) is 66.4 Å². The van der Waals surface area contributed by atoms with Crippen LogP contribution < -0.4 is 5.32 Å². The molecule has 3 unspecified atom stereocenters. The molecule has 0 aliphatic carbocycles. The Hall–Kier alpha value is -0.710. The van der Waals surface area contributed by atoms with Crippen LogP contribution in [0.2, 0.25) is 0 Å². The molecule has 17 heavy (non-hydrogen) atoms. The fourth-order valence-electron chi connectivity index (χ4n) is 1.57. The summed E-state index contributed by atoms with van der Waals surface area (Å²) in [6, 6.07) is 0.185. The van der Waals surface area contributed by atoms with Gasteiger partial charge in [-0.25, -0.2) is 0 Å². The van der Waals surface area contributed by atoms with Gasteiger partial charge in [0.1, 0.15) is 0 Å². The van der Waals surface area contributed by atoms with Crippen molar-refractivity contribution in [1.29, 1.82) is 0 Å². The van der Waals surface area contributed by atoms with Gasteiger partial charge in [-0.15, -0.1) is 11.8 Å². The second-order valence-corrected chi connectivity index (χ2v) is 6.17. The molecule has 0 aliphatic heterocycles. The average Bonchev–Trinajstić information content (AvgIpc) is 2.15. The number of carbonyl (C=O) groups is 2. The summed E-state index contributed by atoms with van der Waals surface area (Å²) < 4.78 is 0. The van der Waals surface area contributed by atoms with E-state index in [4.69, 9.17) is 5.11 Å². The van der Waals surface area contributed by atoms with E-state index in [9.17, 15) is 9.59 Å². The molecule has 0 fully saturated rings. The molecule has 4 nitrogen and oxygen atoms in total. The number of rotatable bonds is 8. The largest absolute Gasteiger partial charge is 0.481 e. The maximum Gasteiger partial charge on any atom is 0.304 e. The Morgan fingerprint density at radius 3 is 2.35 bits per heavy atom. The van der Waals surface area contributed by atoms with Gasteiger partial charge in [0.2, 0.25) is 5.91 Å². The molecule has 0 spiro atoms. The monoisotopic (exact) mass is 261 g/mol. The van der Waals surface area contributed by atoms with Gasteiger partial charge >= 0.3 is 5.97 Å². The molecule has 3 atom stereocenters. The summed E-state index contributed by atoms with van der Waals surface area (Å²) in [5, 5.41) is 11.3. The van der Waals surface area contributed by atoms with Crippen molar-refractivity contribution in [3.8, 4) is 0 Å². The summed E-state index contributed by atoms with van der Waals surface area (Å²) >= 11 is 1.40. The van der Waals surface area contributed by atoms with Crippen molar-refractivity contribution in [2.45, 2.75) is 63.5 Å². The molecule has 0 rings (SSSR count). The van der Waals surface area contributed by atoms with E-state index < -0.39 is 5.97 Å². The van der Waals surface area contributed by atoms with Crippen molar-refractivity contribution < 1.29 is 14.7 Å². The molecule has 5 heteroatoms. The SMILES string of the molecule is CCCC(C)NC(=O)C(C)SC(C)CC(=O)O. The summed E-state index contributed by atoms with van der Waals surface area (Å²) in [6.45, 7) is 7.71. The van der Waals surface area contributed by atoms with E-state index >= 15 is 0 Å². The third-order valence-electron chi connectivity index (χ3n) is 2.38. The number of carboxylic acid groups (broad SMARTS) is 1. The standard InChI is InChI=1S/C12H23NO3S/c1-5-6-8(2)13-12(16)10(4)17-9(3)7-11(14)15/h8-10H,5-7H2,1-4H3,(H,13,16)(H,14,15). The summed E-state index contributed by atoms with van der Waals surface area (Å²) in [6.07, 6.45) is 2.10. The van der Waals surface area contributed by atoms with E-state index in [1.807, 2.05) is 20.8 Å². The van der Waals surface area contributed by atoms with Gasteiger partial charge in [-0.1, -0.05) is 20.3 Å². The van der Waals surface area contributed by atoms with Gasteiger partial charge in [0, 0.05) is 11.3 Å². The minimum Gasteiger partial charge on any atom is -0.481 e. The first-order valence-electron chi connectivity index (χ1n) is 6.04. The van der Waals surface area contributed by atoms with E-state index in [0.29, 0.717) is 0 Å². The molecule has 0 bridgehead atoms. The molecule has 0 radical (unpaired) electrons. The zero-order valence-electron chi connectivity index (χ0n) is 11.0. The molecular weight excluding hydrogens is 238 g/mol. The van der Waals surface area contributed by atoms with Gasteiger partial charge in [0.05, 0.1) is 11.7 Å². The summed E-state index contributed by atoms with van der Waals surface area (Å²) in [7, 11) is 0. The number of carboxylic acids is 1. The third kappa shape index (κ3) is 8.07. The minimum atomic E-state index is -0.822. The Labute approximate surface area is 108 Å². The van der Waals surface area contributed by atoms with Crippen LogP contribution in [-0.2, 0) is 9.59 Å². The molecule has 0 aromatic carbocycles. The number of amides is 1. The van der Waals surface area contributed by atoms with Gasteiger partial charge in [-0.2, -0.15) is 0 Å². The lowest BCUT2D eigenvalue weighted by Crippen LogP contribution is -2.38. The molecule has 0 saturated carbocycles. The second kappa shape index (κ2) is 8.39. The number of nitrogens with one attached hydrogen (secondary N) is 1. The van der Waals surface area contributed by atoms with Crippen LogP contribution in [0.1, 0.15) is 47.0 Å². The lowest BCUT2D eigenvalue weighted by atomic mass is 10.2. The number of thioether (sulfide) groups is 1. The minimum absolute atomic E-state index is 0.00631. The number of hydrogen-bond acceptors (Lipinski definition) is 3. The zero-order chi connectivity index (χ0) is 13.4. The predicted octanol–water partition coefficient (Wildman–Crippen LogP) is 2.28. The highest BCUT2D eigenvalue weighted by atomic mass is 32.2. The number of aliphatic carboxylic acids is 1. The van der Waals surface area contributed by atoms with Gasteiger partial charge < -0.3 is 10.4 Å². The first-order valence-corrected chi connectivity index (χ1v) is 6.98. The highest BCUT2D eigenvalue weighted by molar-refractivity contribution is 8.01. The van der Waals surface area contributed by atoms with Crippen molar-refractivity contribution >= 4 is 23.6 Å². The maximum atomic E-state index is 11.8. The van der Waals surface area contributed by atoms with Crippen molar-refractivity contribution in [3.05, 3.63) is 0 Å². The van der Waals surface area contributed by atoms with Gasteiger partial charge in [-0.05, 0) is 20.3 Å². The second-order valence-electron chi connectivity index (χ2n) is 4.39. The van der Waals surface area contributed by atoms with Gasteiger partial charge in [-0.3, -0.25) is 9.59 Å². The highest BCUT2D eigenvalue weighted by Crippen LogP contribution is 2.20. The quantitative estimate of drug-likeness (QED) is 0.703. The Balaban J connectivity index is 4.00. The van der Waals surface area contributed by atoms with Crippen LogP contribution in [0.3, 0.4) is 0 Å². The first kappa shape index (κ1) is 16.3. The number of carbonyl (C=O) groups excluding carboxylic acids is 1. The third-order valence-corrected chi connectivity index (χ3v) is 3.63. The summed E-state index contributed by atoms with van der Waals surface area (Å²) in [4.78, 5) is 22.3. The van der Waals surface area contributed by atoms with Crippen LogP contribution in [0.25, 0.3) is 0 Å². The summed E-state index contributed by atoms with van der Waals surface area (Å²) in [5.74, 6) is -0.829. The van der Waals surface area contributed by atoms with E-state index in [0.717, 1.165) is 12.8 Å². The van der Waals surface area contributed by atoms with E-state index in [2.05, 4.69) is 12.2 Å². The lowest BCUT2D eigenvalue weighted by molar-refractivity contribution is -0.137. The van der Waals surface area contributed by atoms with Gasteiger partial charge in [0.15, 0.2) is 0 Å². The molecular formula is C12H23NO3S. The highest BCUT2D eigenvalue weighted by Gasteiger charge is 2.19. The predicted molar refractivity (Wildman–Crippen MR) is 71.3 cm³/mol. The van der Waals surface area contributed by atoms with Crippen LogP contribution >= 0.6 is 11.8 Å². The average molecular weight is 261 g/mol. The van der Waals surface area contributed by atoms with Crippen molar-refractivity contribution in [3.63, 3.8) is 0 Å². The molecule has 2 N–H and O–H groups in total. The Morgan fingerprint density at radius 1 is 1.29 bits per heavy atom. The van der Waals surface area contributed by atoms with E-state index in [1.165, 1.54) is 11.8 Å². The van der Waals surface area contributed by atoms with Crippen LogP contribution in [0, 0.1) is 0 Å². The van der Waals surface area contributed by atoms with Crippen LogP contribution in [-0.4, -0.2) is 33.5 Å². The normalized spacial score (nSPS) is 16.0. The zero-order valence-corrected chi connectivity index (χ0v) is 11.8. The lowest BCUT2D eigenvalue weighted by Gasteiger charge is -2.19. The molecule has 100 valence electrons. The Kier molecular flexibility index (Phi) is 8.04. The first-order chi connectivity index (χ1) is 7.86.